The number of amides is 1. The van der Waals surface area contributed by atoms with Crippen molar-refractivity contribution >= 4 is 17.2 Å². The van der Waals surface area contributed by atoms with Gasteiger partial charge in [-0.05, 0) is 42.3 Å². The van der Waals surface area contributed by atoms with Gasteiger partial charge in [0.1, 0.15) is 12.4 Å². The molecule has 1 N–H and O–H groups in total. The molecule has 5 heteroatoms. The monoisotopic (exact) mass is 414 g/mol. The lowest BCUT2D eigenvalue weighted by Crippen LogP contribution is -2.29. The van der Waals surface area contributed by atoms with Crippen molar-refractivity contribution in [3.05, 3.63) is 118 Å². The largest absolute Gasteiger partial charge is 0.487 e. The van der Waals surface area contributed by atoms with E-state index in [0.717, 1.165) is 21.8 Å². The highest BCUT2D eigenvalue weighted by Crippen LogP contribution is 2.23. The van der Waals surface area contributed by atoms with Crippen molar-refractivity contribution in [2.75, 3.05) is 0 Å². The number of thiazole rings is 1. The fourth-order valence-corrected chi connectivity index (χ4v) is 3.80. The first-order valence-corrected chi connectivity index (χ1v) is 10.6. The van der Waals surface area contributed by atoms with Gasteiger partial charge in [-0.25, -0.2) is 4.98 Å². The molecule has 0 saturated heterocycles. The van der Waals surface area contributed by atoms with E-state index in [9.17, 15) is 4.79 Å². The second-order valence-electron chi connectivity index (χ2n) is 6.90. The van der Waals surface area contributed by atoms with Crippen LogP contribution in [0, 0.1) is 6.92 Å². The van der Waals surface area contributed by atoms with Crippen LogP contribution in [0.15, 0.2) is 90.3 Å². The predicted molar refractivity (Wildman–Crippen MR) is 120 cm³/mol. The number of aromatic nitrogens is 1. The molecule has 1 aromatic heterocycles. The first kappa shape index (κ1) is 19.9. The molecule has 4 aromatic rings. The van der Waals surface area contributed by atoms with Gasteiger partial charge in [-0.3, -0.25) is 4.79 Å². The highest BCUT2D eigenvalue weighted by atomic mass is 32.1. The van der Waals surface area contributed by atoms with Gasteiger partial charge in [-0.15, -0.1) is 11.3 Å². The summed E-state index contributed by atoms with van der Waals surface area (Å²) in [6, 6.07) is 26.9. The molecule has 1 heterocycles. The number of carbonyl (C=O) groups is 1. The third kappa shape index (κ3) is 4.93. The zero-order chi connectivity index (χ0) is 20.8. The third-order valence-electron chi connectivity index (χ3n) is 4.71. The van der Waals surface area contributed by atoms with Gasteiger partial charge in [-0.1, -0.05) is 60.7 Å². The van der Waals surface area contributed by atoms with Crippen molar-refractivity contribution in [1.29, 1.82) is 0 Å². The summed E-state index contributed by atoms with van der Waals surface area (Å²) in [5, 5.41) is 6.17. The van der Waals surface area contributed by atoms with Crippen molar-refractivity contribution < 1.29 is 9.53 Å². The molecule has 0 unspecified atom stereocenters. The van der Waals surface area contributed by atoms with E-state index in [0.29, 0.717) is 17.9 Å². The Morgan fingerprint density at radius 1 is 0.933 bits per heavy atom. The Morgan fingerprint density at radius 3 is 2.07 bits per heavy atom. The summed E-state index contributed by atoms with van der Waals surface area (Å²) < 4.78 is 5.77. The Morgan fingerprint density at radius 2 is 1.53 bits per heavy atom. The number of hydrogen-bond donors (Lipinski definition) is 1. The molecular formula is C25H22N2O2S. The molecule has 0 atom stereocenters. The van der Waals surface area contributed by atoms with Crippen LogP contribution in [0.3, 0.4) is 0 Å². The average Bonchev–Trinajstić information content (AvgIpc) is 3.22. The lowest BCUT2D eigenvalue weighted by atomic mass is 9.98. The van der Waals surface area contributed by atoms with E-state index in [1.165, 1.54) is 0 Å². The molecule has 0 aliphatic carbocycles. The van der Waals surface area contributed by atoms with Crippen molar-refractivity contribution in [3.8, 4) is 5.75 Å². The zero-order valence-electron chi connectivity index (χ0n) is 16.6. The minimum atomic E-state index is -0.219. The number of ether oxygens (including phenoxy) is 1. The fourth-order valence-electron chi connectivity index (χ4n) is 3.20. The van der Waals surface area contributed by atoms with Crippen LogP contribution >= 0.6 is 11.3 Å². The summed E-state index contributed by atoms with van der Waals surface area (Å²) in [5.74, 6) is 0.578. The number of nitrogens with one attached hydrogen (secondary N) is 1. The van der Waals surface area contributed by atoms with Gasteiger partial charge in [0.2, 0.25) is 0 Å². The molecular weight excluding hydrogens is 392 g/mol. The molecule has 0 bridgehead atoms. The molecule has 30 heavy (non-hydrogen) atoms. The van der Waals surface area contributed by atoms with E-state index in [4.69, 9.17) is 4.74 Å². The Hall–Kier alpha value is -3.44. The molecule has 1 amide bonds. The summed E-state index contributed by atoms with van der Waals surface area (Å²) in [5.41, 5.74) is 3.57. The molecule has 4 rings (SSSR count). The van der Waals surface area contributed by atoms with Gasteiger partial charge in [0.05, 0.1) is 16.7 Å². The van der Waals surface area contributed by atoms with Crippen LogP contribution in [0.2, 0.25) is 0 Å². The maximum atomic E-state index is 12.9. The van der Waals surface area contributed by atoms with Gasteiger partial charge >= 0.3 is 0 Å². The van der Waals surface area contributed by atoms with Crippen LogP contribution in [-0.4, -0.2) is 10.9 Å². The van der Waals surface area contributed by atoms with Gasteiger partial charge in [0, 0.05) is 10.9 Å². The van der Waals surface area contributed by atoms with E-state index < -0.39 is 0 Å². The second-order valence-corrected chi connectivity index (χ2v) is 7.96. The van der Waals surface area contributed by atoms with Crippen LogP contribution in [0.5, 0.6) is 5.75 Å². The van der Waals surface area contributed by atoms with Gasteiger partial charge in [0.25, 0.3) is 5.91 Å². The van der Waals surface area contributed by atoms with E-state index >= 15 is 0 Å². The molecule has 3 aromatic carbocycles. The number of carbonyl (C=O) groups excluding carboxylic acids is 1. The van der Waals surface area contributed by atoms with Crippen LogP contribution in [0.1, 0.15) is 38.2 Å². The lowest BCUT2D eigenvalue weighted by molar-refractivity contribution is 0.0943. The quantitative estimate of drug-likeness (QED) is 0.431. The Bertz CT molecular complexity index is 1050. The highest BCUT2D eigenvalue weighted by Gasteiger charge is 2.17. The Balaban J connectivity index is 1.46. The minimum absolute atomic E-state index is 0.130. The number of aryl methyl sites for hydroxylation is 1. The van der Waals surface area contributed by atoms with Crippen molar-refractivity contribution in [3.63, 3.8) is 0 Å². The van der Waals surface area contributed by atoms with Crippen LogP contribution in [-0.2, 0) is 6.61 Å². The summed E-state index contributed by atoms with van der Waals surface area (Å²) in [4.78, 5) is 17.3. The third-order valence-corrected chi connectivity index (χ3v) is 5.53. The minimum Gasteiger partial charge on any atom is -0.487 e. The fraction of sp³-hybridized carbons (Fsp3) is 0.120. The Labute approximate surface area is 180 Å². The second kappa shape index (κ2) is 9.37. The smallest absolute Gasteiger partial charge is 0.252 e. The van der Waals surface area contributed by atoms with Crippen molar-refractivity contribution in [2.24, 2.45) is 0 Å². The van der Waals surface area contributed by atoms with Gasteiger partial charge < -0.3 is 10.1 Å². The summed E-state index contributed by atoms with van der Waals surface area (Å²) in [6.07, 6.45) is 0. The molecule has 0 fully saturated rings. The zero-order valence-corrected chi connectivity index (χ0v) is 17.4. The number of nitrogens with zero attached hydrogens (tertiary/aromatic N) is 1. The van der Waals surface area contributed by atoms with E-state index in [-0.39, 0.29) is 11.9 Å². The maximum absolute atomic E-state index is 12.9. The van der Waals surface area contributed by atoms with E-state index in [1.807, 2.05) is 85.1 Å². The first-order chi connectivity index (χ1) is 14.7. The van der Waals surface area contributed by atoms with E-state index in [2.05, 4.69) is 10.3 Å². The number of rotatable bonds is 7. The predicted octanol–water partition coefficient (Wildman–Crippen LogP) is 5.55. The summed E-state index contributed by atoms with van der Waals surface area (Å²) in [6.45, 7) is 2.39. The first-order valence-electron chi connectivity index (χ1n) is 9.73. The molecule has 0 aliphatic heterocycles. The SMILES string of the molecule is Cc1nc(COc2ccc(C(=O)NC(c3ccccc3)c3ccccc3)cc2)cs1. The topological polar surface area (TPSA) is 51.2 Å². The molecule has 0 aliphatic rings. The molecule has 150 valence electrons. The molecule has 4 nitrogen and oxygen atoms in total. The number of hydrogen-bond acceptors (Lipinski definition) is 4. The summed E-state index contributed by atoms with van der Waals surface area (Å²) in [7, 11) is 0. The highest BCUT2D eigenvalue weighted by molar-refractivity contribution is 7.09. The van der Waals surface area contributed by atoms with Gasteiger partial charge in [-0.2, -0.15) is 0 Å². The van der Waals surface area contributed by atoms with Crippen LogP contribution in [0.4, 0.5) is 0 Å². The standard InChI is InChI=1S/C25H22N2O2S/c1-18-26-22(17-30-18)16-29-23-14-12-21(13-15-23)25(28)27-24(19-8-4-2-5-9-19)20-10-6-3-7-11-20/h2-15,17,24H,16H2,1H3,(H,27,28). The average molecular weight is 415 g/mol. The maximum Gasteiger partial charge on any atom is 0.252 e. The Kier molecular flexibility index (Phi) is 6.20. The number of benzene rings is 3. The lowest BCUT2D eigenvalue weighted by Gasteiger charge is -2.20. The normalized spacial score (nSPS) is 10.7. The molecule has 0 radical (unpaired) electrons. The van der Waals surface area contributed by atoms with E-state index in [1.54, 1.807) is 23.5 Å². The van der Waals surface area contributed by atoms with Crippen LogP contribution < -0.4 is 10.1 Å². The summed E-state index contributed by atoms with van der Waals surface area (Å²) >= 11 is 1.60. The van der Waals surface area contributed by atoms with Gasteiger partial charge in [0.15, 0.2) is 0 Å². The molecule has 0 saturated carbocycles. The van der Waals surface area contributed by atoms with Crippen molar-refractivity contribution in [1.82, 2.24) is 10.3 Å². The van der Waals surface area contributed by atoms with Crippen molar-refractivity contribution in [2.45, 2.75) is 19.6 Å². The van der Waals surface area contributed by atoms with Crippen LogP contribution in [0.25, 0.3) is 0 Å². The molecule has 0 spiro atoms.